The Morgan fingerprint density at radius 1 is 1.36 bits per heavy atom. The largest absolute Gasteiger partial charge is 0.389 e. The summed E-state index contributed by atoms with van der Waals surface area (Å²) in [6.45, 7) is 0.0554. The second-order valence-corrected chi connectivity index (χ2v) is 4.54. The molecule has 1 aromatic carbocycles. The van der Waals surface area contributed by atoms with Gasteiger partial charge in [0, 0.05) is 16.9 Å². The van der Waals surface area contributed by atoms with Gasteiger partial charge in [-0.2, -0.15) is 0 Å². The summed E-state index contributed by atoms with van der Waals surface area (Å²) in [5.74, 6) is 0. The van der Waals surface area contributed by atoms with Crippen molar-refractivity contribution in [1.29, 1.82) is 0 Å². The van der Waals surface area contributed by atoms with Crippen molar-refractivity contribution in [3.8, 4) is 11.3 Å². The maximum absolute atomic E-state index is 8.99. The Hall–Kier alpha value is -1.19. The predicted octanol–water partition coefficient (Wildman–Crippen LogP) is 2.21. The van der Waals surface area contributed by atoms with E-state index in [9.17, 15) is 0 Å². The van der Waals surface area contributed by atoms with E-state index >= 15 is 0 Å². The summed E-state index contributed by atoms with van der Waals surface area (Å²) in [6.07, 6.45) is 0.975. The highest BCUT2D eigenvalue weighted by atomic mass is 32.1. The van der Waals surface area contributed by atoms with Gasteiger partial charge in [0.25, 0.3) is 0 Å². The summed E-state index contributed by atoms with van der Waals surface area (Å²) in [5, 5.41) is 9.81. The molecule has 0 radical (unpaired) electrons. The van der Waals surface area contributed by atoms with Gasteiger partial charge >= 0.3 is 0 Å². The van der Waals surface area contributed by atoms with Gasteiger partial charge in [0.05, 0.1) is 12.3 Å². The molecule has 0 unspecified atom stereocenters. The lowest BCUT2D eigenvalue weighted by atomic mass is 10.1. The molecule has 2 nitrogen and oxygen atoms in total. The average molecular weight is 203 g/mol. The molecule has 3 rings (SSSR count). The van der Waals surface area contributed by atoms with Crippen LogP contribution in [0.4, 0.5) is 0 Å². The number of aliphatic hydroxyl groups is 1. The number of hydrogen-bond acceptors (Lipinski definition) is 3. The van der Waals surface area contributed by atoms with Gasteiger partial charge in [-0.15, -0.1) is 11.3 Å². The molecule has 1 N–H and O–H groups in total. The molecule has 0 saturated carbocycles. The molecule has 14 heavy (non-hydrogen) atoms. The van der Waals surface area contributed by atoms with Crippen molar-refractivity contribution >= 4 is 11.3 Å². The first-order valence-electron chi connectivity index (χ1n) is 4.56. The highest BCUT2D eigenvalue weighted by molar-refractivity contribution is 7.12. The molecule has 1 aromatic heterocycles. The van der Waals surface area contributed by atoms with Crippen molar-refractivity contribution in [2.75, 3.05) is 0 Å². The molecular formula is C11H9NOS. The molecule has 1 heterocycles. The van der Waals surface area contributed by atoms with Crippen LogP contribution in [0.1, 0.15) is 15.4 Å². The zero-order valence-electron chi connectivity index (χ0n) is 7.53. The van der Waals surface area contributed by atoms with E-state index in [1.807, 2.05) is 6.07 Å². The zero-order chi connectivity index (χ0) is 9.54. The molecule has 0 saturated heterocycles. The number of rotatable bonds is 1. The van der Waals surface area contributed by atoms with Gasteiger partial charge in [0.15, 0.2) is 0 Å². The van der Waals surface area contributed by atoms with Gasteiger partial charge in [-0.3, -0.25) is 0 Å². The van der Waals surface area contributed by atoms with Crippen LogP contribution in [0, 0.1) is 0 Å². The Balaban J connectivity index is 2.20. The van der Waals surface area contributed by atoms with Crippen LogP contribution in [0.25, 0.3) is 11.3 Å². The van der Waals surface area contributed by atoms with E-state index in [2.05, 4.69) is 23.2 Å². The van der Waals surface area contributed by atoms with E-state index in [1.54, 1.807) is 11.3 Å². The number of aromatic nitrogens is 1. The number of aliphatic hydroxyl groups excluding tert-OH is 1. The van der Waals surface area contributed by atoms with Crippen LogP contribution in [0.3, 0.4) is 0 Å². The third-order valence-electron chi connectivity index (χ3n) is 2.50. The highest BCUT2D eigenvalue weighted by Gasteiger charge is 2.22. The number of fused-ring (bicyclic) bond motifs is 3. The van der Waals surface area contributed by atoms with E-state index in [0.29, 0.717) is 0 Å². The Bertz CT molecular complexity index is 490. The molecule has 0 fully saturated rings. The molecule has 0 spiro atoms. The monoisotopic (exact) mass is 203 g/mol. The van der Waals surface area contributed by atoms with Gasteiger partial charge in [0.2, 0.25) is 0 Å². The third kappa shape index (κ3) is 1.03. The molecule has 3 heteroatoms. The molecule has 0 bridgehead atoms. The van der Waals surface area contributed by atoms with Crippen LogP contribution in [0.5, 0.6) is 0 Å². The van der Waals surface area contributed by atoms with Crippen molar-refractivity contribution in [2.24, 2.45) is 0 Å². The van der Waals surface area contributed by atoms with Crippen molar-refractivity contribution in [3.05, 3.63) is 39.7 Å². The highest BCUT2D eigenvalue weighted by Crippen LogP contribution is 2.38. The average Bonchev–Trinajstić information content (AvgIpc) is 2.73. The lowest BCUT2D eigenvalue weighted by Crippen LogP contribution is -1.83. The topological polar surface area (TPSA) is 33.1 Å². The summed E-state index contributed by atoms with van der Waals surface area (Å²) < 4.78 is 0. The normalized spacial score (nSPS) is 12.6. The van der Waals surface area contributed by atoms with Crippen LogP contribution < -0.4 is 0 Å². The predicted molar refractivity (Wildman–Crippen MR) is 56.3 cm³/mol. The van der Waals surface area contributed by atoms with E-state index in [0.717, 1.165) is 17.1 Å². The lowest BCUT2D eigenvalue weighted by Gasteiger charge is -1.96. The summed E-state index contributed by atoms with van der Waals surface area (Å²) in [4.78, 5) is 5.71. The van der Waals surface area contributed by atoms with Crippen LogP contribution in [-0.2, 0) is 13.0 Å². The smallest absolute Gasteiger partial charge is 0.119 e. The summed E-state index contributed by atoms with van der Waals surface area (Å²) >= 11 is 1.62. The first-order valence-corrected chi connectivity index (χ1v) is 5.38. The van der Waals surface area contributed by atoms with Crippen molar-refractivity contribution in [3.63, 3.8) is 0 Å². The Labute approximate surface area is 85.9 Å². The minimum Gasteiger partial charge on any atom is -0.389 e. The van der Waals surface area contributed by atoms with Crippen molar-refractivity contribution in [2.45, 2.75) is 13.0 Å². The van der Waals surface area contributed by atoms with Gasteiger partial charge in [-0.25, -0.2) is 4.98 Å². The third-order valence-corrected chi connectivity index (χ3v) is 3.54. The Morgan fingerprint density at radius 3 is 3.07 bits per heavy atom. The van der Waals surface area contributed by atoms with Crippen LogP contribution in [-0.4, -0.2) is 10.1 Å². The lowest BCUT2D eigenvalue weighted by molar-refractivity contribution is 0.281. The van der Waals surface area contributed by atoms with E-state index in [1.165, 1.54) is 16.0 Å². The van der Waals surface area contributed by atoms with Crippen LogP contribution in [0.2, 0.25) is 0 Å². The van der Waals surface area contributed by atoms with Crippen LogP contribution in [0.15, 0.2) is 24.3 Å². The van der Waals surface area contributed by atoms with Gasteiger partial charge in [0.1, 0.15) is 5.01 Å². The fourth-order valence-electron chi connectivity index (χ4n) is 1.88. The zero-order valence-corrected chi connectivity index (χ0v) is 8.34. The second kappa shape index (κ2) is 2.90. The summed E-state index contributed by atoms with van der Waals surface area (Å²) in [7, 11) is 0. The molecule has 0 amide bonds. The summed E-state index contributed by atoms with van der Waals surface area (Å²) in [5.41, 5.74) is 3.67. The minimum atomic E-state index is 0.0554. The number of nitrogens with zero attached hydrogens (tertiary/aromatic N) is 1. The molecule has 1 aliphatic carbocycles. The van der Waals surface area contributed by atoms with E-state index in [4.69, 9.17) is 5.11 Å². The van der Waals surface area contributed by atoms with E-state index < -0.39 is 0 Å². The first kappa shape index (κ1) is 8.15. The standard InChI is InChI=1S/C11H9NOS/c13-6-10-12-11-8-4-2-1-3-7(8)5-9(11)14-10/h1-4,13H,5-6H2. The fourth-order valence-corrected chi connectivity index (χ4v) is 2.84. The Morgan fingerprint density at radius 2 is 2.21 bits per heavy atom. The van der Waals surface area contributed by atoms with Gasteiger partial charge < -0.3 is 5.11 Å². The maximum atomic E-state index is 8.99. The Kier molecular flexibility index (Phi) is 1.69. The SMILES string of the molecule is OCc1nc2c(s1)Cc1ccccc1-2. The van der Waals surface area contributed by atoms with Crippen molar-refractivity contribution < 1.29 is 5.11 Å². The molecular weight excluding hydrogens is 194 g/mol. The molecule has 70 valence electrons. The molecule has 1 aliphatic rings. The second-order valence-electron chi connectivity index (χ2n) is 3.37. The quantitative estimate of drug-likeness (QED) is 0.657. The molecule has 0 atom stereocenters. The number of hydrogen-bond donors (Lipinski definition) is 1. The van der Waals surface area contributed by atoms with Gasteiger partial charge in [-0.1, -0.05) is 24.3 Å². The van der Waals surface area contributed by atoms with Crippen LogP contribution >= 0.6 is 11.3 Å². The van der Waals surface area contributed by atoms with E-state index in [-0.39, 0.29) is 6.61 Å². The maximum Gasteiger partial charge on any atom is 0.119 e. The molecule has 0 aliphatic heterocycles. The number of benzene rings is 1. The van der Waals surface area contributed by atoms with Gasteiger partial charge in [-0.05, 0) is 5.56 Å². The first-order chi connectivity index (χ1) is 6.88. The number of thiazole rings is 1. The molecule has 2 aromatic rings. The minimum absolute atomic E-state index is 0.0554. The summed E-state index contributed by atoms with van der Waals surface area (Å²) in [6, 6.07) is 8.33. The fraction of sp³-hybridized carbons (Fsp3) is 0.182. The van der Waals surface area contributed by atoms with Crippen molar-refractivity contribution in [1.82, 2.24) is 4.98 Å².